The molecule has 0 heterocycles. The Bertz CT molecular complexity index is 1300. The van der Waals surface area contributed by atoms with Crippen molar-refractivity contribution < 1.29 is 27.1 Å². The van der Waals surface area contributed by atoms with Crippen LogP contribution in [0.3, 0.4) is 0 Å². The topological polar surface area (TPSA) is 137 Å². The van der Waals surface area contributed by atoms with Crippen LogP contribution in [0.1, 0.15) is 21.5 Å². The van der Waals surface area contributed by atoms with Crippen molar-refractivity contribution >= 4 is 27.9 Å². The third-order valence-corrected chi connectivity index (χ3v) is 5.67. The first-order valence-electron chi connectivity index (χ1n) is 9.46. The summed E-state index contributed by atoms with van der Waals surface area (Å²) in [6.07, 6.45) is 1.32. The number of methoxy groups -OCH3 is 1. The minimum atomic E-state index is -4.06. The summed E-state index contributed by atoms with van der Waals surface area (Å²) in [4.78, 5) is 22.2. The average molecular weight is 469 g/mol. The third kappa shape index (κ3) is 5.92. The molecule has 3 aromatic rings. The summed E-state index contributed by atoms with van der Waals surface area (Å²) in [6.45, 7) is 1.84. The van der Waals surface area contributed by atoms with Crippen LogP contribution in [0.5, 0.6) is 11.5 Å². The van der Waals surface area contributed by atoms with Crippen molar-refractivity contribution in [3.05, 3.63) is 93.5 Å². The van der Waals surface area contributed by atoms with Gasteiger partial charge in [0, 0.05) is 17.7 Å². The smallest absolute Gasteiger partial charge is 0.339 e. The van der Waals surface area contributed by atoms with Crippen molar-refractivity contribution in [3.63, 3.8) is 0 Å². The molecule has 33 heavy (non-hydrogen) atoms. The summed E-state index contributed by atoms with van der Waals surface area (Å²) in [5, 5.41) is 14.5. The van der Waals surface area contributed by atoms with Crippen LogP contribution in [0, 0.1) is 17.0 Å². The molecule has 0 fully saturated rings. The molecule has 170 valence electrons. The van der Waals surface area contributed by atoms with E-state index in [1.165, 1.54) is 67.9 Å². The number of nitrogens with zero attached hydrogens (tertiary/aromatic N) is 2. The van der Waals surface area contributed by atoms with Gasteiger partial charge in [0.25, 0.3) is 11.6 Å². The normalized spacial score (nSPS) is 11.2. The molecule has 0 saturated carbocycles. The number of benzene rings is 3. The van der Waals surface area contributed by atoms with Gasteiger partial charge in [-0.3, -0.25) is 14.9 Å². The Morgan fingerprint density at radius 1 is 1.03 bits per heavy atom. The summed E-state index contributed by atoms with van der Waals surface area (Å²) in [5.74, 6) is -0.418. The molecule has 3 rings (SSSR count). The standard InChI is InChI=1S/C22H19N3O7S/c1-15-3-10-19(11-4-15)33(29,30)32-20-12-5-16(13-21(20)31-2)14-23-24-22(26)17-6-8-18(9-7-17)25(27)28/h3-14H,1-2H3,(H,24,26)/b23-14-. The van der Waals surface area contributed by atoms with Gasteiger partial charge < -0.3 is 8.92 Å². The molecule has 10 nitrogen and oxygen atoms in total. The van der Waals surface area contributed by atoms with Crippen LogP contribution in [0.15, 0.2) is 76.7 Å². The largest absolute Gasteiger partial charge is 0.493 e. The highest BCUT2D eigenvalue weighted by Crippen LogP contribution is 2.30. The Labute approximate surface area is 189 Å². The van der Waals surface area contributed by atoms with Gasteiger partial charge in [-0.2, -0.15) is 13.5 Å². The first-order valence-corrected chi connectivity index (χ1v) is 10.9. The van der Waals surface area contributed by atoms with Crippen LogP contribution < -0.4 is 14.3 Å². The quantitative estimate of drug-likeness (QED) is 0.231. The van der Waals surface area contributed by atoms with Gasteiger partial charge in [0.1, 0.15) is 4.90 Å². The van der Waals surface area contributed by atoms with Crippen LogP contribution >= 0.6 is 0 Å². The second-order valence-electron chi connectivity index (χ2n) is 6.76. The number of nitro groups is 1. The number of aryl methyl sites for hydroxylation is 1. The molecule has 0 saturated heterocycles. The molecular formula is C22H19N3O7S. The van der Waals surface area contributed by atoms with E-state index in [4.69, 9.17) is 8.92 Å². The van der Waals surface area contributed by atoms with E-state index in [0.717, 1.165) is 5.56 Å². The Morgan fingerprint density at radius 3 is 2.30 bits per heavy atom. The number of hydrogen-bond donors (Lipinski definition) is 1. The highest BCUT2D eigenvalue weighted by atomic mass is 32.2. The molecule has 0 atom stereocenters. The van der Waals surface area contributed by atoms with Crippen LogP contribution in [0.4, 0.5) is 5.69 Å². The van der Waals surface area contributed by atoms with Crippen molar-refractivity contribution in [3.8, 4) is 11.5 Å². The lowest BCUT2D eigenvalue weighted by Crippen LogP contribution is -2.17. The second-order valence-corrected chi connectivity index (χ2v) is 8.31. The fourth-order valence-electron chi connectivity index (χ4n) is 2.67. The van der Waals surface area contributed by atoms with Crippen molar-refractivity contribution in [2.24, 2.45) is 5.10 Å². The number of amides is 1. The summed E-state index contributed by atoms with van der Waals surface area (Å²) in [5.41, 5.74) is 3.78. The summed E-state index contributed by atoms with van der Waals surface area (Å²) in [7, 11) is -2.70. The summed E-state index contributed by atoms with van der Waals surface area (Å²) < 4.78 is 35.5. The molecule has 0 bridgehead atoms. The predicted octanol–water partition coefficient (Wildman–Crippen LogP) is 3.44. The van der Waals surface area contributed by atoms with Gasteiger partial charge in [-0.05, 0) is 55.0 Å². The second kappa shape index (κ2) is 9.92. The zero-order valence-corrected chi connectivity index (χ0v) is 18.4. The fraction of sp³-hybridized carbons (Fsp3) is 0.0909. The molecule has 0 spiro atoms. The molecule has 3 aromatic carbocycles. The van der Waals surface area contributed by atoms with E-state index in [2.05, 4.69) is 10.5 Å². The SMILES string of the molecule is COc1cc(/C=N\NC(=O)c2ccc([N+](=O)[O-])cc2)ccc1OS(=O)(=O)c1ccc(C)cc1. The van der Waals surface area contributed by atoms with E-state index < -0.39 is 20.9 Å². The van der Waals surface area contributed by atoms with E-state index in [1.54, 1.807) is 12.1 Å². The van der Waals surface area contributed by atoms with Crippen molar-refractivity contribution in [2.45, 2.75) is 11.8 Å². The average Bonchev–Trinajstić information content (AvgIpc) is 2.80. The summed E-state index contributed by atoms with van der Waals surface area (Å²) >= 11 is 0. The number of ether oxygens (including phenoxy) is 1. The Morgan fingerprint density at radius 2 is 1.70 bits per heavy atom. The van der Waals surface area contributed by atoms with Gasteiger partial charge in [0.15, 0.2) is 11.5 Å². The molecule has 0 radical (unpaired) electrons. The van der Waals surface area contributed by atoms with E-state index >= 15 is 0 Å². The highest BCUT2D eigenvalue weighted by Gasteiger charge is 2.19. The number of carbonyl (C=O) groups is 1. The Hall–Kier alpha value is -4.25. The molecule has 0 aliphatic rings. The lowest BCUT2D eigenvalue weighted by molar-refractivity contribution is -0.384. The molecule has 0 unspecified atom stereocenters. The van der Waals surface area contributed by atoms with Gasteiger partial charge in [0.05, 0.1) is 18.2 Å². The number of rotatable bonds is 8. The lowest BCUT2D eigenvalue weighted by atomic mass is 10.2. The van der Waals surface area contributed by atoms with Crippen LogP contribution in [-0.2, 0) is 10.1 Å². The number of nitrogens with one attached hydrogen (secondary N) is 1. The Kier molecular flexibility index (Phi) is 7.04. The monoisotopic (exact) mass is 469 g/mol. The molecule has 11 heteroatoms. The lowest BCUT2D eigenvalue weighted by Gasteiger charge is -2.11. The summed E-state index contributed by atoms with van der Waals surface area (Å²) in [6, 6.07) is 15.7. The maximum absolute atomic E-state index is 12.5. The maximum atomic E-state index is 12.5. The van der Waals surface area contributed by atoms with Gasteiger partial charge in [-0.15, -0.1) is 0 Å². The molecule has 0 aliphatic carbocycles. The van der Waals surface area contributed by atoms with E-state index in [-0.39, 0.29) is 27.6 Å². The number of hydrazone groups is 1. The molecule has 0 aliphatic heterocycles. The van der Waals surface area contributed by atoms with E-state index in [9.17, 15) is 23.3 Å². The van der Waals surface area contributed by atoms with E-state index in [0.29, 0.717) is 5.56 Å². The van der Waals surface area contributed by atoms with Gasteiger partial charge >= 0.3 is 10.1 Å². The first-order chi connectivity index (χ1) is 15.7. The third-order valence-electron chi connectivity index (χ3n) is 4.42. The molecule has 1 N–H and O–H groups in total. The fourth-order valence-corrected chi connectivity index (χ4v) is 3.61. The van der Waals surface area contributed by atoms with Crippen molar-refractivity contribution in [1.82, 2.24) is 5.43 Å². The Balaban J connectivity index is 1.70. The molecule has 0 aromatic heterocycles. The van der Waals surface area contributed by atoms with E-state index in [1.807, 2.05) is 6.92 Å². The minimum Gasteiger partial charge on any atom is -0.493 e. The van der Waals surface area contributed by atoms with Crippen molar-refractivity contribution in [2.75, 3.05) is 7.11 Å². The first kappa shape index (κ1) is 23.4. The van der Waals surface area contributed by atoms with Gasteiger partial charge in [-0.25, -0.2) is 5.43 Å². The molecule has 1 amide bonds. The van der Waals surface area contributed by atoms with Gasteiger partial charge in [0.2, 0.25) is 0 Å². The van der Waals surface area contributed by atoms with Crippen LogP contribution in [0.2, 0.25) is 0 Å². The number of hydrogen-bond acceptors (Lipinski definition) is 8. The van der Waals surface area contributed by atoms with Gasteiger partial charge in [-0.1, -0.05) is 17.7 Å². The minimum absolute atomic E-state index is 0.00903. The van der Waals surface area contributed by atoms with Crippen LogP contribution in [-0.4, -0.2) is 32.6 Å². The zero-order chi connectivity index (χ0) is 24.0. The van der Waals surface area contributed by atoms with Crippen molar-refractivity contribution in [1.29, 1.82) is 0 Å². The maximum Gasteiger partial charge on any atom is 0.339 e. The zero-order valence-electron chi connectivity index (χ0n) is 17.6. The predicted molar refractivity (Wildman–Crippen MR) is 120 cm³/mol. The highest BCUT2D eigenvalue weighted by molar-refractivity contribution is 7.87. The number of carbonyl (C=O) groups excluding carboxylic acids is 1. The number of nitro benzene ring substituents is 1. The molecular weight excluding hydrogens is 450 g/mol. The van der Waals surface area contributed by atoms with Crippen LogP contribution in [0.25, 0.3) is 0 Å². The number of non-ortho nitro benzene ring substituents is 1.